The number of hydrogen-bond acceptors (Lipinski definition) is 2. The quantitative estimate of drug-likeness (QED) is 0.600. The maximum absolute atomic E-state index is 14.6. The molecule has 3 aromatic carbocycles. The summed E-state index contributed by atoms with van der Waals surface area (Å²) >= 11 is 0. The highest BCUT2D eigenvalue weighted by molar-refractivity contribution is 5.23. The van der Waals surface area contributed by atoms with Crippen LogP contribution in [0.4, 0.5) is 4.39 Å². The van der Waals surface area contributed by atoms with Crippen molar-refractivity contribution < 1.29 is 4.39 Å². The van der Waals surface area contributed by atoms with Crippen LogP contribution in [0.25, 0.3) is 0 Å². The Balaban J connectivity index is 1.55. The fraction of sp³-hybridized carbons (Fsp3) is 0.280. The molecule has 0 amide bonds. The normalized spacial score (nSPS) is 18.7. The SMILES string of the molecule is Fc1ccccc1C1CCN(Cc2ccccc2)CCN1Cc1ccccc1. The van der Waals surface area contributed by atoms with Gasteiger partial charge in [0.05, 0.1) is 0 Å². The molecule has 3 heteroatoms. The highest BCUT2D eigenvalue weighted by Gasteiger charge is 2.27. The highest BCUT2D eigenvalue weighted by Crippen LogP contribution is 2.30. The van der Waals surface area contributed by atoms with Gasteiger partial charge in [0.15, 0.2) is 0 Å². The standard InChI is InChI=1S/C25H27FN2/c26-24-14-8-7-13-23(24)25-15-16-27(19-21-9-3-1-4-10-21)17-18-28(25)20-22-11-5-2-6-12-22/h1-14,25H,15-20H2. The first-order valence-electron chi connectivity index (χ1n) is 10.1. The summed E-state index contributed by atoms with van der Waals surface area (Å²) in [5.74, 6) is -0.0953. The largest absolute Gasteiger partial charge is 0.298 e. The van der Waals surface area contributed by atoms with E-state index in [-0.39, 0.29) is 11.9 Å². The summed E-state index contributed by atoms with van der Waals surface area (Å²) in [5.41, 5.74) is 3.43. The van der Waals surface area contributed by atoms with Crippen LogP contribution in [-0.4, -0.2) is 29.4 Å². The van der Waals surface area contributed by atoms with Crippen molar-refractivity contribution in [2.45, 2.75) is 25.6 Å². The molecular formula is C25H27FN2. The Morgan fingerprint density at radius 3 is 1.96 bits per heavy atom. The molecule has 0 bridgehead atoms. The van der Waals surface area contributed by atoms with E-state index in [1.165, 1.54) is 11.1 Å². The van der Waals surface area contributed by atoms with Crippen LogP contribution in [0.1, 0.15) is 29.2 Å². The van der Waals surface area contributed by atoms with E-state index >= 15 is 0 Å². The topological polar surface area (TPSA) is 6.48 Å². The molecule has 1 heterocycles. The van der Waals surface area contributed by atoms with Gasteiger partial charge in [-0.1, -0.05) is 78.9 Å². The third-order valence-corrected chi connectivity index (χ3v) is 5.60. The number of benzene rings is 3. The van der Waals surface area contributed by atoms with Crippen molar-refractivity contribution in [2.24, 2.45) is 0 Å². The lowest BCUT2D eigenvalue weighted by atomic mass is 10.0. The Morgan fingerprint density at radius 1 is 0.679 bits per heavy atom. The number of hydrogen-bond donors (Lipinski definition) is 0. The van der Waals surface area contributed by atoms with Gasteiger partial charge >= 0.3 is 0 Å². The first kappa shape index (κ1) is 18.9. The van der Waals surface area contributed by atoms with Crippen molar-refractivity contribution in [2.75, 3.05) is 19.6 Å². The van der Waals surface area contributed by atoms with Crippen LogP contribution < -0.4 is 0 Å². The zero-order valence-electron chi connectivity index (χ0n) is 16.2. The van der Waals surface area contributed by atoms with E-state index in [1.807, 2.05) is 18.2 Å². The van der Waals surface area contributed by atoms with Gasteiger partial charge in [0.2, 0.25) is 0 Å². The van der Waals surface area contributed by atoms with Crippen molar-refractivity contribution in [1.82, 2.24) is 9.80 Å². The molecule has 0 spiro atoms. The van der Waals surface area contributed by atoms with E-state index in [1.54, 1.807) is 12.1 Å². The van der Waals surface area contributed by atoms with Crippen LogP contribution in [0.15, 0.2) is 84.9 Å². The maximum atomic E-state index is 14.6. The molecule has 144 valence electrons. The monoisotopic (exact) mass is 374 g/mol. The first-order chi connectivity index (χ1) is 13.8. The molecule has 1 aliphatic rings. The summed E-state index contributed by atoms with van der Waals surface area (Å²) < 4.78 is 14.6. The van der Waals surface area contributed by atoms with Crippen LogP contribution in [0, 0.1) is 5.82 Å². The molecule has 1 atom stereocenters. The van der Waals surface area contributed by atoms with Gasteiger partial charge in [0.1, 0.15) is 5.82 Å². The predicted octanol–water partition coefficient (Wildman–Crippen LogP) is 5.27. The van der Waals surface area contributed by atoms with Gasteiger partial charge in [-0.2, -0.15) is 0 Å². The fourth-order valence-electron chi connectivity index (χ4n) is 4.13. The Labute approximate surface area is 167 Å². The second-order valence-corrected chi connectivity index (χ2v) is 7.54. The minimum absolute atomic E-state index is 0.0953. The van der Waals surface area contributed by atoms with E-state index in [0.717, 1.165) is 44.7 Å². The van der Waals surface area contributed by atoms with Crippen molar-refractivity contribution >= 4 is 0 Å². The summed E-state index contributed by atoms with van der Waals surface area (Å²) in [6.07, 6.45) is 0.931. The van der Waals surface area contributed by atoms with Gasteiger partial charge in [-0.25, -0.2) is 4.39 Å². The number of rotatable bonds is 5. The average Bonchev–Trinajstić information content (AvgIpc) is 2.92. The second-order valence-electron chi connectivity index (χ2n) is 7.54. The molecule has 0 N–H and O–H groups in total. The van der Waals surface area contributed by atoms with E-state index in [2.05, 4.69) is 64.4 Å². The van der Waals surface area contributed by atoms with Gasteiger partial charge in [-0.05, 0) is 23.6 Å². The zero-order valence-corrected chi connectivity index (χ0v) is 16.2. The molecule has 0 aliphatic carbocycles. The summed E-state index contributed by atoms with van der Waals surface area (Å²) in [6.45, 7) is 4.69. The van der Waals surface area contributed by atoms with Gasteiger partial charge in [0.25, 0.3) is 0 Å². The highest BCUT2D eigenvalue weighted by atomic mass is 19.1. The molecule has 2 nitrogen and oxygen atoms in total. The first-order valence-corrected chi connectivity index (χ1v) is 10.1. The molecule has 0 radical (unpaired) electrons. The third-order valence-electron chi connectivity index (χ3n) is 5.60. The molecular weight excluding hydrogens is 347 g/mol. The lowest BCUT2D eigenvalue weighted by Gasteiger charge is -2.30. The molecule has 1 unspecified atom stereocenters. The van der Waals surface area contributed by atoms with Gasteiger partial charge in [-0.3, -0.25) is 9.80 Å². The predicted molar refractivity (Wildman–Crippen MR) is 112 cm³/mol. The Morgan fingerprint density at radius 2 is 1.29 bits per heavy atom. The molecule has 1 saturated heterocycles. The second kappa shape index (κ2) is 9.13. The Kier molecular flexibility index (Phi) is 6.15. The van der Waals surface area contributed by atoms with Gasteiger partial charge < -0.3 is 0 Å². The summed E-state index contributed by atoms with van der Waals surface area (Å²) in [5, 5.41) is 0. The number of nitrogens with zero attached hydrogens (tertiary/aromatic N) is 2. The lowest BCUT2D eigenvalue weighted by molar-refractivity contribution is 0.191. The Bertz CT molecular complexity index is 866. The van der Waals surface area contributed by atoms with Crippen molar-refractivity contribution in [1.29, 1.82) is 0 Å². The minimum Gasteiger partial charge on any atom is -0.298 e. The van der Waals surface area contributed by atoms with Crippen molar-refractivity contribution in [3.05, 3.63) is 107 Å². The van der Waals surface area contributed by atoms with Gasteiger partial charge in [0, 0.05) is 44.3 Å². The van der Waals surface area contributed by atoms with Crippen LogP contribution in [0.5, 0.6) is 0 Å². The van der Waals surface area contributed by atoms with Gasteiger partial charge in [-0.15, -0.1) is 0 Å². The molecule has 3 aromatic rings. The van der Waals surface area contributed by atoms with Crippen LogP contribution >= 0.6 is 0 Å². The van der Waals surface area contributed by atoms with Crippen molar-refractivity contribution in [3.8, 4) is 0 Å². The van der Waals surface area contributed by atoms with Crippen LogP contribution in [-0.2, 0) is 13.1 Å². The molecule has 4 rings (SSSR count). The zero-order chi connectivity index (χ0) is 19.2. The van der Waals surface area contributed by atoms with Crippen LogP contribution in [0.3, 0.4) is 0 Å². The minimum atomic E-state index is -0.0953. The van der Waals surface area contributed by atoms with Crippen LogP contribution in [0.2, 0.25) is 0 Å². The summed E-state index contributed by atoms with van der Waals surface area (Å²) in [4.78, 5) is 4.94. The number of halogens is 1. The van der Waals surface area contributed by atoms with E-state index in [0.29, 0.717) is 0 Å². The smallest absolute Gasteiger partial charge is 0.127 e. The average molecular weight is 375 g/mol. The molecule has 0 aromatic heterocycles. The van der Waals surface area contributed by atoms with E-state index < -0.39 is 0 Å². The van der Waals surface area contributed by atoms with E-state index in [9.17, 15) is 4.39 Å². The summed E-state index contributed by atoms with van der Waals surface area (Å²) in [6, 6.07) is 28.5. The fourth-order valence-corrected chi connectivity index (χ4v) is 4.13. The Hall–Kier alpha value is -2.49. The molecule has 1 fully saturated rings. The molecule has 1 aliphatic heterocycles. The third kappa shape index (κ3) is 4.67. The maximum Gasteiger partial charge on any atom is 0.127 e. The molecule has 28 heavy (non-hydrogen) atoms. The van der Waals surface area contributed by atoms with E-state index in [4.69, 9.17) is 0 Å². The lowest BCUT2D eigenvalue weighted by Crippen LogP contribution is -2.32. The summed E-state index contributed by atoms with van der Waals surface area (Å²) in [7, 11) is 0. The molecule has 0 saturated carbocycles. The van der Waals surface area contributed by atoms with Crippen molar-refractivity contribution in [3.63, 3.8) is 0 Å².